The van der Waals surface area contributed by atoms with Crippen LogP contribution in [0.2, 0.25) is 0 Å². The van der Waals surface area contributed by atoms with E-state index in [4.69, 9.17) is 0 Å². The smallest absolute Gasteiger partial charge is 0.0958 e. The van der Waals surface area contributed by atoms with Gasteiger partial charge in [0.05, 0.1) is 17.4 Å². The van der Waals surface area contributed by atoms with Crippen molar-refractivity contribution >= 4 is 11.0 Å². The number of para-hydroxylation sites is 2. The van der Waals surface area contributed by atoms with Gasteiger partial charge in [0.25, 0.3) is 0 Å². The topological polar surface area (TPSA) is 29.9 Å². The highest BCUT2D eigenvalue weighted by molar-refractivity contribution is 5.74. The molecule has 1 atom stereocenters. The van der Waals surface area contributed by atoms with E-state index in [9.17, 15) is 0 Å². The number of rotatable bonds is 4. The predicted molar refractivity (Wildman–Crippen MR) is 62.8 cm³/mol. The zero-order valence-electron chi connectivity index (χ0n) is 8.85. The summed E-state index contributed by atoms with van der Waals surface area (Å²) in [4.78, 5) is 4.34. The Kier molecular flexibility index (Phi) is 2.83. The quantitative estimate of drug-likeness (QED) is 0.764. The number of nitrogens with zero attached hydrogens (tertiary/aromatic N) is 2. The molecule has 1 N–H and O–H groups in total. The second kappa shape index (κ2) is 4.28. The minimum atomic E-state index is 0.280. The molecule has 0 fully saturated rings. The lowest BCUT2D eigenvalue weighted by Crippen LogP contribution is -2.27. The minimum absolute atomic E-state index is 0.280. The number of imidazole rings is 1. The van der Waals surface area contributed by atoms with E-state index in [0.29, 0.717) is 0 Å². The molecule has 0 bridgehead atoms. The standard InChI is InChI=1S/C12H15N3/c1-3-10(13-2)8-15-9-14-11-6-4-5-7-12(11)15/h3-7,9-10,13H,1,8H2,2H3. The van der Waals surface area contributed by atoms with Gasteiger partial charge < -0.3 is 9.88 Å². The van der Waals surface area contributed by atoms with Crippen molar-refractivity contribution in [1.29, 1.82) is 0 Å². The molecule has 3 nitrogen and oxygen atoms in total. The highest BCUT2D eigenvalue weighted by Crippen LogP contribution is 2.12. The van der Waals surface area contributed by atoms with Crippen LogP contribution >= 0.6 is 0 Å². The molecule has 78 valence electrons. The first kappa shape index (κ1) is 9.93. The average Bonchev–Trinajstić information content (AvgIpc) is 2.69. The number of benzene rings is 1. The summed E-state index contributed by atoms with van der Waals surface area (Å²) in [5.41, 5.74) is 2.20. The van der Waals surface area contributed by atoms with Crippen LogP contribution in [-0.2, 0) is 6.54 Å². The van der Waals surface area contributed by atoms with E-state index < -0.39 is 0 Å². The monoisotopic (exact) mass is 201 g/mol. The Labute approximate surface area is 89.4 Å². The lowest BCUT2D eigenvalue weighted by atomic mass is 10.2. The van der Waals surface area contributed by atoms with Crippen molar-refractivity contribution in [3.8, 4) is 0 Å². The van der Waals surface area contributed by atoms with Gasteiger partial charge >= 0.3 is 0 Å². The Bertz CT molecular complexity index is 459. The van der Waals surface area contributed by atoms with Crippen LogP contribution in [0.1, 0.15) is 0 Å². The van der Waals surface area contributed by atoms with Crippen molar-refractivity contribution in [1.82, 2.24) is 14.9 Å². The fourth-order valence-corrected chi connectivity index (χ4v) is 1.65. The first-order valence-corrected chi connectivity index (χ1v) is 5.05. The highest BCUT2D eigenvalue weighted by atomic mass is 15.1. The van der Waals surface area contributed by atoms with Gasteiger partial charge in [0, 0.05) is 12.6 Å². The lowest BCUT2D eigenvalue weighted by molar-refractivity contribution is 0.566. The summed E-state index contributed by atoms with van der Waals surface area (Å²) in [6.07, 6.45) is 3.78. The van der Waals surface area contributed by atoms with Gasteiger partial charge in [0.1, 0.15) is 0 Å². The van der Waals surface area contributed by atoms with Crippen molar-refractivity contribution in [2.45, 2.75) is 12.6 Å². The average molecular weight is 201 g/mol. The van der Waals surface area contributed by atoms with Gasteiger partial charge in [-0.05, 0) is 19.2 Å². The van der Waals surface area contributed by atoms with Crippen molar-refractivity contribution in [2.24, 2.45) is 0 Å². The molecular weight excluding hydrogens is 186 g/mol. The summed E-state index contributed by atoms with van der Waals surface area (Å²) in [6.45, 7) is 4.66. The molecule has 0 radical (unpaired) electrons. The summed E-state index contributed by atoms with van der Waals surface area (Å²) in [7, 11) is 1.94. The number of nitrogens with one attached hydrogen (secondary N) is 1. The van der Waals surface area contributed by atoms with Crippen LogP contribution in [0.4, 0.5) is 0 Å². The van der Waals surface area contributed by atoms with Crippen LogP contribution in [0.15, 0.2) is 43.2 Å². The van der Waals surface area contributed by atoms with Gasteiger partial charge in [-0.1, -0.05) is 18.2 Å². The molecule has 0 saturated heterocycles. The Morgan fingerprint density at radius 2 is 2.33 bits per heavy atom. The SMILES string of the molecule is C=CC(Cn1cnc2ccccc21)NC. The molecule has 1 heterocycles. The Hall–Kier alpha value is -1.61. The maximum absolute atomic E-state index is 4.34. The van der Waals surface area contributed by atoms with Gasteiger partial charge in [-0.25, -0.2) is 4.98 Å². The fraction of sp³-hybridized carbons (Fsp3) is 0.250. The third kappa shape index (κ3) is 1.92. The third-order valence-electron chi connectivity index (χ3n) is 2.58. The van der Waals surface area contributed by atoms with Gasteiger partial charge in [0.2, 0.25) is 0 Å². The number of likely N-dealkylation sites (N-methyl/N-ethyl adjacent to an activating group) is 1. The molecule has 0 amide bonds. The Morgan fingerprint density at radius 3 is 3.07 bits per heavy atom. The van der Waals surface area contributed by atoms with Crippen molar-refractivity contribution in [3.05, 3.63) is 43.2 Å². The Morgan fingerprint density at radius 1 is 1.53 bits per heavy atom. The van der Waals surface area contributed by atoms with Gasteiger partial charge in [-0.2, -0.15) is 0 Å². The van der Waals surface area contributed by atoms with Crippen molar-refractivity contribution in [3.63, 3.8) is 0 Å². The zero-order chi connectivity index (χ0) is 10.7. The maximum Gasteiger partial charge on any atom is 0.0958 e. The van der Waals surface area contributed by atoms with E-state index in [1.54, 1.807) is 0 Å². The van der Waals surface area contributed by atoms with Crippen LogP contribution in [0.5, 0.6) is 0 Å². The van der Waals surface area contributed by atoms with Crippen LogP contribution < -0.4 is 5.32 Å². The van der Waals surface area contributed by atoms with E-state index in [-0.39, 0.29) is 6.04 Å². The molecular formula is C12H15N3. The number of aromatic nitrogens is 2. The van der Waals surface area contributed by atoms with Crippen LogP contribution in [0.25, 0.3) is 11.0 Å². The van der Waals surface area contributed by atoms with Crippen molar-refractivity contribution < 1.29 is 0 Å². The molecule has 3 heteroatoms. The van der Waals surface area contributed by atoms with Crippen LogP contribution in [0, 0.1) is 0 Å². The van der Waals surface area contributed by atoms with E-state index in [2.05, 4.69) is 27.5 Å². The van der Waals surface area contributed by atoms with Gasteiger partial charge in [-0.15, -0.1) is 6.58 Å². The van der Waals surface area contributed by atoms with E-state index in [1.165, 1.54) is 5.52 Å². The number of hydrogen-bond acceptors (Lipinski definition) is 2. The number of hydrogen-bond donors (Lipinski definition) is 1. The van der Waals surface area contributed by atoms with E-state index in [1.807, 2.05) is 37.7 Å². The molecule has 1 unspecified atom stereocenters. The second-order valence-corrected chi connectivity index (χ2v) is 3.52. The van der Waals surface area contributed by atoms with Crippen LogP contribution in [0.3, 0.4) is 0 Å². The van der Waals surface area contributed by atoms with Crippen molar-refractivity contribution in [2.75, 3.05) is 7.05 Å². The maximum atomic E-state index is 4.34. The first-order valence-electron chi connectivity index (χ1n) is 5.05. The summed E-state index contributed by atoms with van der Waals surface area (Å²) < 4.78 is 2.14. The summed E-state index contributed by atoms with van der Waals surface area (Å²) in [5, 5.41) is 3.19. The molecule has 2 rings (SSSR count). The highest BCUT2D eigenvalue weighted by Gasteiger charge is 2.05. The molecule has 0 spiro atoms. The Balaban J connectivity index is 2.32. The molecule has 2 aromatic rings. The molecule has 0 aliphatic carbocycles. The van der Waals surface area contributed by atoms with E-state index >= 15 is 0 Å². The van der Waals surface area contributed by atoms with Gasteiger partial charge in [-0.3, -0.25) is 0 Å². The minimum Gasteiger partial charge on any atom is -0.329 e. The lowest BCUT2D eigenvalue weighted by Gasteiger charge is -2.12. The third-order valence-corrected chi connectivity index (χ3v) is 2.58. The predicted octanol–water partition coefficient (Wildman–Crippen LogP) is 1.81. The van der Waals surface area contributed by atoms with Gasteiger partial charge in [0.15, 0.2) is 0 Å². The molecule has 0 saturated carbocycles. The molecule has 1 aromatic heterocycles. The largest absolute Gasteiger partial charge is 0.329 e. The zero-order valence-corrected chi connectivity index (χ0v) is 8.85. The number of fused-ring (bicyclic) bond motifs is 1. The molecule has 15 heavy (non-hydrogen) atoms. The summed E-state index contributed by atoms with van der Waals surface area (Å²) >= 11 is 0. The first-order chi connectivity index (χ1) is 7.35. The second-order valence-electron chi connectivity index (χ2n) is 3.52. The normalized spacial score (nSPS) is 12.9. The summed E-state index contributed by atoms with van der Waals surface area (Å²) in [6, 6.07) is 8.42. The fourth-order valence-electron chi connectivity index (χ4n) is 1.65. The summed E-state index contributed by atoms with van der Waals surface area (Å²) in [5.74, 6) is 0. The van der Waals surface area contributed by atoms with E-state index in [0.717, 1.165) is 12.1 Å². The molecule has 0 aliphatic rings. The molecule has 0 aliphatic heterocycles. The molecule has 1 aromatic carbocycles. The van der Waals surface area contributed by atoms with Crippen LogP contribution in [-0.4, -0.2) is 22.6 Å².